The minimum absolute atomic E-state index is 0.281. The van der Waals surface area contributed by atoms with Gasteiger partial charge in [0.05, 0.1) is 0 Å². The molecule has 0 aliphatic heterocycles. The molecule has 0 heterocycles. The summed E-state index contributed by atoms with van der Waals surface area (Å²) < 4.78 is 0. The lowest BCUT2D eigenvalue weighted by Crippen LogP contribution is -2.31. The minimum atomic E-state index is 0.281. The van der Waals surface area contributed by atoms with Crippen LogP contribution in [0.5, 0.6) is 0 Å². The summed E-state index contributed by atoms with van der Waals surface area (Å²) in [5.41, 5.74) is 9.80. The van der Waals surface area contributed by atoms with Gasteiger partial charge in [0, 0.05) is 12.6 Å². The van der Waals surface area contributed by atoms with Crippen LogP contribution in [0.25, 0.3) is 0 Å². The second kappa shape index (κ2) is 6.02. The lowest BCUT2D eigenvalue weighted by molar-refractivity contribution is 0.478. The number of nitrogens with two attached hydrogens (primary N) is 1. The molecule has 1 atom stereocenters. The van der Waals surface area contributed by atoms with Gasteiger partial charge in [0.1, 0.15) is 0 Å². The van der Waals surface area contributed by atoms with Crippen molar-refractivity contribution < 1.29 is 0 Å². The summed E-state index contributed by atoms with van der Waals surface area (Å²) in [5.74, 6) is 0.653. The molecule has 1 aromatic rings. The molecular formula is C14H24N2. The van der Waals surface area contributed by atoms with Gasteiger partial charge in [0.2, 0.25) is 0 Å². The van der Waals surface area contributed by atoms with Gasteiger partial charge in [-0.1, -0.05) is 37.6 Å². The van der Waals surface area contributed by atoms with Crippen molar-refractivity contribution in [2.24, 2.45) is 11.7 Å². The van der Waals surface area contributed by atoms with Crippen molar-refractivity contribution in [3.8, 4) is 0 Å². The van der Waals surface area contributed by atoms with E-state index in [0.717, 1.165) is 6.54 Å². The van der Waals surface area contributed by atoms with E-state index < -0.39 is 0 Å². The van der Waals surface area contributed by atoms with E-state index in [1.807, 2.05) is 0 Å². The molecule has 0 radical (unpaired) electrons. The molecule has 0 aromatic heterocycles. The average Bonchev–Trinajstić information content (AvgIpc) is 2.21. The third-order valence-corrected chi connectivity index (χ3v) is 2.81. The second-order valence-electron chi connectivity index (χ2n) is 4.95. The highest BCUT2D eigenvalue weighted by Crippen LogP contribution is 2.18. The summed E-state index contributed by atoms with van der Waals surface area (Å²) in [5, 5.41) is 3.52. The van der Waals surface area contributed by atoms with Gasteiger partial charge in [0.15, 0.2) is 0 Å². The maximum absolute atomic E-state index is 5.84. The minimum Gasteiger partial charge on any atom is -0.329 e. The average molecular weight is 220 g/mol. The zero-order valence-electron chi connectivity index (χ0n) is 10.9. The van der Waals surface area contributed by atoms with Crippen LogP contribution in [0, 0.1) is 19.8 Å². The van der Waals surface area contributed by atoms with Gasteiger partial charge in [-0.15, -0.1) is 0 Å². The van der Waals surface area contributed by atoms with Crippen LogP contribution in [0.15, 0.2) is 18.2 Å². The van der Waals surface area contributed by atoms with Gasteiger partial charge in [-0.3, -0.25) is 0 Å². The molecule has 1 unspecified atom stereocenters. The van der Waals surface area contributed by atoms with E-state index in [9.17, 15) is 0 Å². The molecule has 0 aliphatic carbocycles. The number of nitrogens with one attached hydrogen (secondary N) is 1. The highest BCUT2D eigenvalue weighted by Gasteiger charge is 2.11. The molecule has 0 saturated heterocycles. The predicted molar refractivity (Wildman–Crippen MR) is 70.6 cm³/mol. The molecule has 3 N–H and O–H groups in total. The van der Waals surface area contributed by atoms with E-state index in [0.29, 0.717) is 12.5 Å². The fourth-order valence-corrected chi connectivity index (χ4v) is 1.91. The summed E-state index contributed by atoms with van der Waals surface area (Å²) in [6.07, 6.45) is 0. The van der Waals surface area contributed by atoms with Gasteiger partial charge >= 0.3 is 0 Å². The Kier molecular flexibility index (Phi) is 4.97. The predicted octanol–water partition coefficient (Wildman–Crippen LogP) is 2.55. The van der Waals surface area contributed by atoms with Crippen molar-refractivity contribution in [3.63, 3.8) is 0 Å². The normalized spacial score (nSPS) is 13.1. The Morgan fingerprint density at radius 3 is 2.44 bits per heavy atom. The van der Waals surface area contributed by atoms with Crippen molar-refractivity contribution in [1.82, 2.24) is 5.32 Å². The highest BCUT2D eigenvalue weighted by molar-refractivity contribution is 5.33. The van der Waals surface area contributed by atoms with E-state index in [1.165, 1.54) is 16.7 Å². The van der Waals surface area contributed by atoms with Gasteiger partial charge in [-0.05, 0) is 37.4 Å². The van der Waals surface area contributed by atoms with Crippen LogP contribution in [0.2, 0.25) is 0 Å². The molecular weight excluding hydrogens is 196 g/mol. The zero-order chi connectivity index (χ0) is 12.1. The Morgan fingerprint density at radius 1 is 1.25 bits per heavy atom. The van der Waals surface area contributed by atoms with Gasteiger partial charge < -0.3 is 11.1 Å². The first-order valence-corrected chi connectivity index (χ1v) is 6.05. The van der Waals surface area contributed by atoms with Crippen molar-refractivity contribution >= 4 is 0 Å². The standard InChI is InChI=1S/C14H24N2/c1-10(2)9-16-14(8-15)13-6-5-11(3)7-12(13)4/h5-7,10,14,16H,8-9,15H2,1-4H3. The summed E-state index contributed by atoms with van der Waals surface area (Å²) >= 11 is 0. The third-order valence-electron chi connectivity index (χ3n) is 2.81. The summed E-state index contributed by atoms with van der Waals surface area (Å²) in [6, 6.07) is 6.84. The molecule has 90 valence electrons. The molecule has 2 nitrogen and oxygen atoms in total. The first-order chi connectivity index (χ1) is 7.54. The van der Waals surface area contributed by atoms with Gasteiger partial charge in [0.25, 0.3) is 0 Å². The zero-order valence-corrected chi connectivity index (χ0v) is 10.9. The number of aryl methyl sites for hydroxylation is 2. The number of rotatable bonds is 5. The summed E-state index contributed by atoms with van der Waals surface area (Å²) in [4.78, 5) is 0. The lowest BCUT2D eigenvalue weighted by atomic mass is 9.99. The number of benzene rings is 1. The van der Waals surface area contributed by atoms with Crippen molar-refractivity contribution in [2.75, 3.05) is 13.1 Å². The lowest BCUT2D eigenvalue weighted by Gasteiger charge is -2.21. The SMILES string of the molecule is Cc1ccc(C(CN)NCC(C)C)c(C)c1. The summed E-state index contributed by atoms with van der Waals surface area (Å²) in [7, 11) is 0. The molecule has 0 aliphatic rings. The topological polar surface area (TPSA) is 38.0 Å². The van der Waals surface area contributed by atoms with E-state index in [-0.39, 0.29) is 6.04 Å². The molecule has 16 heavy (non-hydrogen) atoms. The molecule has 2 heteroatoms. The summed E-state index contributed by atoms with van der Waals surface area (Å²) in [6.45, 7) is 10.4. The second-order valence-corrected chi connectivity index (χ2v) is 4.95. The van der Waals surface area contributed by atoms with E-state index in [2.05, 4.69) is 51.2 Å². The largest absolute Gasteiger partial charge is 0.329 e. The maximum Gasteiger partial charge on any atom is 0.0447 e. The monoisotopic (exact) mass is 220 g/mol. The van der Waals surface area contributed by atoms with Crippen molar-refractivity contribution in [3.05, 3.63) is 34.9 Å². The van der Waals surface area contributed by atoms with E-state index in [4.69, 9.17) is 5.73 Å². The Hall–Kier alpha value is -0.860. The molecule has 0 spiro atoms. The number of hydrogen-bond donors (Lipinski definition) is 2. The van der Waals surface area contributed by atoms with Crippen LogP contribution in [0.4, 0.5) is 0 Å². The first-order valence-electron chi connectivity index (χ1n) is 6.05. The van der Waals surface area contributed by atoms with Gasteiger partial charge in [-0.25, -0.2) is 0 Å². The molecule has 0 saturated carbocycles. The number of hydrogen-bond acceptors (Lipinski definition) is 2. The molecule has 1 rings (SSSR count). The Bertz CT molecular complexity index is 332. The quantitative estimate of drug-likeness (QED) is 0.800. The van der Waals surface area contributed by atoms with Crippen LogP contribution < -0.4 is 11.1 Å². The van der Waals surface area contributed by atoms with Crippen LogP contribution in [-0.4, -0.2) is 13.1 Å². The first kappa shape index (κ1) is 13.2. The fourth-order valence-electron chi connectivity index (χ4n) is 1.91. The highest BCUT2D eigenvalue weighted by atomic mass is 14.9. The molecule has 0 fully saturated rings. The molecule has 0 amide bonds. The Labute approximate surface area is 99.2 Å². The van der Waals surface area contributed by atoms with Crippen LogP contribution >= 0.6 is 0 Å². The van der Waals surface area contributed by atoms with Gasteiger partial charge in [-0.2, -0.15) is 0 Å². The Morgan fingerprint density at radius 2 is 1.94 bits per heavy atom. The van der Waals surface area contributed by atoms with Crippen LogP contribution in [-0.2, 0) is 0 Å². The third kappa shape index (κ3) is 3.62. The van der Waals surface area contributed by atoms with E-state index in [1.54, 1.807) is 0 Å². The van der Waals surface area contributed by atoms with Crippen LogP contribution in [0.1, 0.15) is 36.6 Å². The molecule has 0 bridgehead atoms. The van der Waals surface area contributed by atoms with Crippen LogP contribution in [0.3, 0.4) is 0 Å². The van der Waals surface area contributed by atoms with Crippen molar-refractivity contribution in [2.45, 2.75) is 33.7 Å². The molecule has 1 aromatic carbocycles. The van der Waals surface area contributed by atoms with E-state index >= 15 is 0 Å². The smallest absolute Gasteiger partial charge is 0.0447 e. The van der Waals surface area contributed by atoms with Crippen molar-refractivity contribution in [1.29, 1.82) is 0 Å². The Balaban J connectivity index is 2.78. The maximum atomic E-state index is 5.84. The fraction of sp³-hybridized carbons (Fsp3) is 0.571.